The molecule has 0 radical (unpaired) electrons. The number of aliphatic hydroxyl groups excluding tert-OH is 1. The van der Waals surface area contributed by atoms with Crippen molar-refractivity contribution >= 4 is 21.7 Å². The van der Waals surface area contributed by atoms with Crippen LogP contribution in [-0.2, 0) is 25.0 Å². The Morgan fingerprint density at radius 1 is 1.05 bits per heavy atom. The van der Waals surface area contributed by atoms with E-state index in [0.717, 1.165) is 18.4 Å². The monoisotopic (exact) mass is 531 g/mol. The van der Waals surface area contributed by atoms with Crippen molar-refractivity contribution in [2.75, 3.05) is 38.5 Å². The summed E-state index contributed by atoms with van der Waals surface area (Å²) < 4.78 is 43.3. The summed E-state index contributed by atoms with van der Waals surface area (Å²) in [6.45, 7) is 0.478. The molecule has 5 rings (SSSR count). The molecule has 200 valence electrons. The maximum atomic E-state index is 13.2. The van der Waals surface area contributed by atoms with Crippen molar-refractivity contribution in [3.05, 3.63) is 66.2 Å². The van der Waals surface area contributed by atoms with Crippen molar-refractivity contribution in [1.29, 1.82) is 0 Å². The standard InChI is InChI=1S/C26H27N3O7S.3H2/c30-13-15-34-14-12-27-37(32,33)20-7-4-18(5-8-20)21-2-1-3-24(28-21)29-25(31)26(10-11-26)19-6-9-22-23(16-19)36-17-35-22;;;/h1-9,16,27,30H,10-15,17H2,(H,28,29,31);3*1H. The second-order valence-corrected chi connectivity index (χ2v) is 10.5. The molecule has 0 unspecified atom stereocenters. The van der Waals surface area contributed by atoms with E-state index in [-0.39, 0.29) is 48.2 Å². The van der Waals surface area contributed by atoms with E-state index >= 15 is 0 Å². The first-order chi connectivity index (χ1) is 17.9. The molecule has 1 saturated carbocycles. The molecule has 3 N–H and O–H groups in total. The molecule has 1 amide bonds. The van der Waals surface area contributed by atoms with Crippen molar-refractivity contribution < 1.29 is 36.8 Å². The highest BCUT2D eigenvalue weighted by atomic mass is 32.2. The molecule has 2 aliphatic rings. The lowest BCUT2D eigenvalue weighted by molar-refractivity contribution is -0.118. The van der Waals surface area contributed by atoms with Crippen LogP contribution in [0.5, 0.6) is 11.5 Å². The number of sulfonamides is 1. The Balaban J connectivity index is 0.00000187. The van der Waals surface area contributed by atoms with Gasteiger partial charge in [-0.25, -0.2) is 18.1 Å². The molecule has 11 heteroatoms. The van der Waals surface area contributed by atoms with Crippen molar-refractivity contribution in [1.82, 2.24) is 9.71 Å². The molecule has 1 aromatic heterocycles. The number of rotatable bonds is 11. The van der Waals surface area contributed by atoms with Gasteiger partial charge in [-0.2, -0.15) is 0 Å². The number of pyridine rings is 1. The third-order valence-electron chi connectivity index (χ3n) is 6.33. The van der Waals surface area contributed by atoms with Gasteiger partial charge in [0.25, 0.3) is 0 Å². The summed E-state index contributed by atoms with van der Waals surface area (Å²) in [5.74, 6) is 1.60. The highest BCUT2D eigenvalue weighted by molar-refractivity contribution is 7.89. The van der Waals surface area contributed by atoms with Crippen LogP contribution < -0.4 is 19.5 Å². The van der Waals surface area contributed by atoms with E-state index in [1.165, 1.54) is 12.1 Å². The number of hydrogen-bond acceptors (Lipinski definition) is 8. The number of benzene rings is 2. The summed E-state index contributed by atoms with van der Waals surface area (Å²) in [6, 6.07) is 17.2. The molecule has 2 heterocycles. The summed E-state index contributed by atoms with van der Waals surface area (Å²) in [5.41, 5.74) is 1.57. The first-order valence-corrected chi connectivity index (χ1v) is 13.4. The number of hydrogen-bond donors (Lipinski definition) is 3. The largest absolute Gasteiger partial charge is 0.454 e. The Morgan fingerprint density at radius 3 is 2.59 bits per heavy atom. The van der Waals surface area contributed by atoms with Gasteiger partial charge in [0, 0.05) is 16.4 Å². The van der Waals surface area contributed by atoms with Crippen LogP contribution in [0, 0.1) is 0 Å². The second-order valence-electron chi connectivity index (χ2n) is 8.77. The third kappa shape index (κ3) is 5.44. The van der Waals surface area contributed by atoms with E-state index in [1.807, 2.05) is 18.2 Å². The van der Waals surface area contributed by atoms with Gasteiger partial charge in [-0.1, -0.05) is 24.3 Å². The van der Waals surface area contributed by atoms with Crippen molar-refractivity contribution in [3.63, 3.8) is 0 Å². The minimum atomic E-state index is -3.70. The van der Waals surface area contributed by atoms with E-state index in [9.17, 15) is 13.2 Å². The molecule has 1 aliphatic carbocycles. The SMILES string of the molecule is O=C(Nc1cccc(-c2ccc(S(=O)(=O)NCCOCCO)cc2)n1)C1(c2ccc3c(c2)OCO3)CC1.[HH].[HH].[HH]. The topological polar surface area (TPSA) is 136 Å². The van der Waals surface area contributed by atoms with E-state index in [1.54, 1.807) is 30.3 Å². The fraction of sp³-hybridized carbons (Fsp3) is 0.308. The number of amides is 1. The molecular weight excluding hydrogens is 498 g/mol. The molecule has 3 aromatic rings. The van der Waals surface area contributed by atoms with Crippen LogP contribution in [0.25, 0.3) is 11.3 Å². The quantitative estimate of drug-likeness (QED) is 0.321. The summed E-state index contributed by atoms with van der Waals surface area (Å²) >= 11 is 0. The highest BCUT2D eigenvalue weighted by Gasteiger charge is 2.51. The predicted molar refractivity (Wildman–Crippen MR) is 141 cm³/mol. The van der Waals surface area contributed by atoms with Crippen LogP contribution >= 0.6 is 0 Å². The van der Waals surface area contributed by atoms with Crippen LogP contribution in [0.1, 0.15) is 22.7 Å². The van der Waals surface area contributed by atoms with Gasteiger partial charge in [0.2, 0.25) is 22.7 Å². The number of ether oxygens (including phenoxy) is 3. The molecule has 37 heavy (non-hydrogen) atoms. The van der Waals surface area contributed by atoms with Crippen LogP contribution in [0.3, 0.4) is 0 Å². The maximum Gasteiger partial charge on any atom is 0.240 e. The average Bonchev–Trinajstić information content (AvgIpc) is 3.59. The van der Waals surface area contributed by atoms with Gasteiger partial charge in [-0.3, -0.25) is 4.79 Å². The highest BCUT2D eigenvalue weighted by Crippen LogP contribution is 2.51. The van der Waals surface area contributed by atoms with Crippen molar-refractivity contribution in [2.45, 2.75) is 23.2 Å². The van der Waals surface area contributed by atoms with Gasteiger partial charge in [-0.15, -0.1) is 0 Å². The number of aliphatic hydroxyl groups is 1. The molecule has 0 bridgehead atoms. The number of carbonyl (C=O) groups is 1. The molecule has 2 aromatic carbocycles. The molecule has 1 aliphatic heterocycles. The van der Waals surface area contributed by atoms with Crippen LogP contribution in [0.4, 0.5) is 5.82 Å². The fourth-order valence-electron chi connectivity index (χ4n) is 4.17. The summed E-state index contributed by atoms with van der Waals surface area (Å²) in [5, 5.41) is 11.6. The lowest BCUT2D eigenvalue weighted by Crippen LogP contribution is -2.28. The van der Waals surface area contributed by atoms with Gasteiger partial charge in [0.1, 0.15) is 5.82 Å². The Morgan fingerprint density at radius 2 is 1.84 bits per heavy atom. The van der Waals surface area contributed by atoms with Crippen LogP contribution in [0.15, 0.2) is 65.6 Å². The third-order valence-corrected chi connectivity index (χ3v) is 7.81. The first kappa shape index (κ1) is 25.2. The number of anilines is 1. The lowest BCUT2D eigenvalue weighted by atomic mass is 9.94. The zero-order chi connectivity index (χ0) is 25.9. The Kier molecular flexibility index (Phi) is 7.11. The Labute approximate surface area is 219 Å². The summed E-state index contributed by atoms with van der Waals surface area (Å²) in [7, 11) is -3.70. The molecule has 10 nitrogen and oxygen atoms in total. The predicted octanol–water partition coefficient (Wildman–Crippen LogP) is 3.17. The Hall–Kier alpha value is -3.51. The fourth-order valence-corrected chi connectivity index (χ4v) is 5.18. The van der Waals surface area contributed by atoms with E-state index < -0.39 is 15.4 Å². The molecule has 0 saturated heterocycles. The number of nitrogens with one attached hydrogen (secondary N) is 2. The van der Waals surface area contributed by atoms with Gasteiger partial charge in [0.05, 0.1) is 35.8 Å². The first-order valence-electron chi connectivity index (χ1n) is 11.9. The minimum Gasteiger partial charge on any atom is -0.454 e. The summed E-state index contributed by atoms with van der Waals surface area (Å²) in [6.07, 6.45) is 1.46. The van der Waals surface area contributed by atoms with Crippen molar-refractivity contribution in [2.24, 2.45) is 0 Å². The average molecular weight is 532 g/mol. The maximum absolute atomic E-state index is 13.2. The van der Waals surface area contributed by atoms with Crippen LogP contribution in [0.2, 0.25) is 0 Å². The number of aromatic nitrogens is 1. The van der Waals surface area contributed by atoms with Gasteiger partial charge < -0.3 is 24.6 Å². The second kappa shape index (κ2) is 10.5. The van der Waals surface area contributed by atoms with Gasteiger partial charge in [0.15, 0.2) is 11.5 Å². The smallest absolute Gasteiger partial charge is 0.240 e. The normalized spacial score (nSPS) is 15.4. The van der Waals surface area contributed by atoms with E-state index in [4.69, 9.17) is 19.3 Å². The zero-order valence-corrected chi connectivity index (χ0v) is 20.8. The lowest BCUT2D eigenvalue weighted by Gasteiger charge is -2.16. The minimum absolute atomic E-state index is 0. The van der Waals surface area contributed by atoms with E-state index in [0.29, 0.717) is 28.6 Å². The van der Waals surface area contributed by atoms with Crippen molar-refractivity contribution in [3.8, 4) is 22.8 Å². The number of carbonyl (C=O) groups excluding carboxylic acids is 1. The van der Waals surface area contributed by atoms with Crippen LogP contribution in [-0.4, -0.2) is 57.6 Å². The zero-order valence-electron chi connectivity index (χ0n) is 20.0. The van der Waals surface area contributed by atoms with Gasteiger partial charge in [-0.05, 0) is 54.8 Å². The molecule has 0 atom stereocenters. The van der Waals surface area contributed by atoms with Gasteiger partial charge >= 0.3 is 0 Å². The molecule has 0 spiro atoms. The Bertz CT molecular complexity index is 1400. The summed E-state index contributed by atoms with van der Waals surface area (Å²) in [4.78, 5) is 17.9. The molecule has 1 fully saturated rings. The van der Waals surface area contributed by atoms with E-state index in [2.05, 4.69) is 15.0 Å². The number of nitrogens with zero attached hydrogens (tertiary/aromatic N) is 1. The molecular formula is C26H33N3O7S. The number of fused-ring (bicyclic) bond motifs is 1.